The summed E-state index contributed by atoms with van der Waals surface area (Å²) >= 11 is 0. The van der Waals surface area contributed by atoms with Crippen LogP contribution in [0.25, 0.3) is 0 Å². The third kappa shape index (κ3) is 5.48. The maximum absolute atomic E-state index is 11.7. The second-order valence-corrected chi connectivity index (χ2v) is 4.57. The normalized spacial score (nSPS) is 11.9. The molecule has 0 heterocycles. The smallest absolute Gasteiger partial charge is 0.303 e. The van der Waals surface area contributed by atoms with Gasteiger partial charge < -0.3 is 10.4 Å². The summed E-state index contributed by atoms with van der Waals surface area (Å²) in [5.41, 5.74) is 2.09. The van der Waals surface area contributed by atoms with E-state index in [1.165, 1.54) is 0 Å². The van der Waals surface area contributed by atoms with Gasteiger partial charge in [-0.2, -0.15) is 0 Å². The quantitative estimate of drug-likeness (QED) is 0.809. The van der Waals surface area contributed by atoms with Crippen LogP contribution in [0.15, 0.2) is 24.3 Å². The molecule has 0 radical (unpaired) electrons. The zero-order valence-corrected chi connectivity index (χ0v) is 10.8. The molecule has 0 aliphatic heterocycles. The number of carbonyl (C=O) groups is 2. The second kappa shape index (κ2) is 6.79. The molecule has 1 amide bonds. The summed E-state index contributed by atoms with van der Waals surface area (Å²) in [5, 5.41) is 11.4. The van der Waals surface area contributed by atoms with Crippen molar-refractivity contribution in [3.63, 3.8) is 0 Å². The minimum absolute atomic E-state index is 0.0708. The first-order chi connectivity index (χ1) is 8.47. The summed E-state index contributed by atoms with van der Waals surface area (Å²) in [7, 11) is 0. The predicted molar refractivity (Wildman–Crippen MR) is 69.4 cm³/mol. The Morgan fingerprint density at radius 3 is 2.72 bits per heavy atom. The topological polar surface area (TPSA) is 66.4 Å². The fraction of sp³-hybridized carbons (Fsp3) is 0.429. The number of rotatable bonds is 6. The lowest BCUT2D eigenvalue weighted by Gasteiger charge is -2.12. The van der Waals surface area contributed by atoms with E-state index in [1.54, 1.807) is 0 Å². The van der Waals surface area contributed by atoms with Crippen LogP contribution in [0, 0.1) is 6.92 Å². The molecule has 1 aromatic carbocycles. The first-order valence-electron chi connectivity index (χ1n) is 6.04. The van der Waals surface area contributed by atoms with Gasteiger partial charge in [0.1, 0.15) is 0 Å². The van der Waals surface area contributed by atoms with Gasteiger partial charge in [0.2, 0.25) is 5.91 Å². The molecule has 1 atom stereocenters. The summed E-state index contributed by atoms with van der Waals surface area (Å²) in [6, 6.07) is 7.68. The Morgan fingerprint density at radius 2 is 2.11 bits per heavy atom. The molecular formula is C14H19NO3. The van der Waals surface area contributed by atoms with Crippen molar-refractivity contribution in [2.45, 2.75) is 39.2 Å². The molecule has 1 aromatic rings. The number of carboxylic acid groups (broad SMARTS) is 1. The van der Waals surface area contributed by atoms with E-state index < -0.39 is 5.97 Å². The molecule has 0 spiro atoms. The van der Waals surface area contributed by atoms with Crippen LogP contribution in [-0.2, 0) is 16.0 Å². The van der Waals surface area contributed by atoms with Gasteiger partial charge >= 0.3 is 5.97 Å². The molecule has 4 nitrogen and oxygen atoms in total. The average Bonchev–Trinajstić information content (AvgIpc) is 2.26. The number of amides is 1. The van der Waals surface area contributed by atoms with Gasteiger partial charge in [0.05, 0.1) is 6.42 Å². The van der Waals surface area contributed by atoms with Gasteiger partial charge in [0.15, 0.2) is 0 Å². The van der Waals surface area contributed by atoms with E-state index in [0.717, 1.165) is 11.1 Å². The Morgan fingerprint density at radius 1 is 1.39 bits per heavy atom. The summed E-state index contributed by atoms with van der Waals surface area (Å²) in [5.74, 6) is -0.909. The third-order valence-electron chi connectivity index (χ3n) is 2.65. The lowest BCUT2D eigenvalue weighted by atomic mass is 10.1. The largest absolute Gasteiger partial charge is 0.481 e. The minimum atomic E-state index is -0.838. The average molecular weight is 249 g/mol. The van der Waals surface area contributed by atoms with Crippen LogP contribution in [0.4, 0.5) is 0 Å². The van der Waals surface area contributed by atoms with E-state index in [9.17, 15) is 9.59 Å². The van der Waals surface area contributed by atoms with Crippen molar-refractivity contribution in [3.8, 4) is 0 Å². The molecule has 2 N–H and O–H groups in total. The van der Waals surface area contributed by atoms with Gasteiger partial charge in [-0.1, -0.05) is 29.8 Å². The van der Waals surface area contributed by atoms with Gasteiger partial charge in [-0.05, 0) is 25.8 Å². The van der Waals surface area contributed by atoms with Gasteiger partial charge in [-0.15, -0.1) is 0 Å². The van der Waals surface area contributed by atoms with E-state index in [1.807, 2.05) is 38.1 Å². The Labute approximate surface area is 107 Å². The minimum Gasteiger partial charge on any atom is -0.481 e. The summed E-state index contributed by atoms with van der Waals surface area (Å²) in [6.07, 6.45) is 0.861. The Kier molecular flexibility index (Phi) is 5.36. The number of carboxylic acids is 1. The highest BCUT2D eigenvalue weighted by atomic mass is 16.4. The molecule has 98 valence electrons. The summed E-state index contributed by atoms with van der Waals surface area (Å²) < 4.78 is 0. The lowest BCUT2D eigenvalue weighted by Crippen LogP contribution is -2.34. The number of benzene rings is 1. The Hall–Kier alpha value is -1.84. The van der Waals surface area contributed by atoms with E-state index >= 15 is 0 Å². The Balaban J connectivity index is 2.39. The maximum Gasteiger partial charge on any atom is 0.303 e. The van der Waals surface area contributed by atoms with E-state index in [-0.39, 0.29) is 18.4 Å². The first kappa shape index (κ1) is 14.2. The van der Waals surface area contributed by atoms with Crippen LogP contribution >= 0.6 is 0 Å². The molecule has 0 bridgehead atoms. The SMILES string of the molecule is Cc1cccc(CC(=O)N[C@@H](C)CCC(=O)O)c1. The van der Waals surface area contributed by atoms with Crippen LogP contribution in [-0.4, -0.2) is 23.0 Å². The number of carbonyl (C=O) groups excluding carboxylic acids is 1. The number of aliphatic carboxylic acids is 1. The predicted octanol–water partition coefficient (Wildman–Crippen LogP) is 1.91. The molecule has 1 rings (SSSR count). The highest BCUT2D eigenvalue weighted by molar-refractivity contribution is 5.79. The standard InChI is InChI=1S/C14H19NO3/c1-10-4-3-5-12(8-10)9-13(16)15-11(2)6-7-14(17)18/h3-5,8,11H,6-7,9H2,1-2H3,(H,15,16)(H,17,18)/t11-/m0/s1. The van der Waals surface area contributed by atoms with Crippen molar-refractivity contribution < 1.29 is 14.7 Å². The maximum atomic E-state index is 11.7. The van der Waals surface area contributed by atoms with Crippen LogP contribution < -0.4 is 5.32 Å². The van der Waals surface area contributed by atoms with Gasteiger partial charge in [0.25, 0.3) is 0 Å². The zero-order valence-electron chi connectivity index (χ0n) is 10.8. The van der Waals surface area contributed by atoms with Gasteiger partial charge in [-0.25, -0.2) is 0 Å². The third-order valence-corrected chi connectivity index (χ3v) is 2.65. The van der Waals surface area contributed by atoms with Gasteiger partial charge in [-0.3, -0.25) is 9.59 Å². The molecule has 18 heavy (non-hydrogen) atoms. The van der Waals surface area contributed by atoms with E-state index in [2.05, 4.69) is 5.32 Å². The van der Waals surface area contributed by atoms with Crippen molar-refractivity contribution >= 4 is 11.9 Å². The van der Waals surface area contributed by atoms with Crippen LogP contribution in [0.3, 0.4) is 0 Å². The molecule has 0 aromatic heterocycles. The molecule has 0 fully saturated rings. The van der Waals surface area contributed by atoms with Crippen LogP contribution in [0.5, 0.6) is 0 Å². The van der Waals surface area contributed by atoms with E-state index in [4.69, 9.17) is 5.11 Å². The molecule has 0 saturated carbocycles. The van der Waals surface area contributed by atoms with Crippen molar-refractivity contribution in [1.29, 1.82) is 0 Å². The Bertz CT molecular complexity index is 429. The van der Waals surface area contributed by atoms with Crippen LogP contribution in [0.2, 0.25) is 0 Å². The highest BCUT2D eigenvalue weighted by Crippen LogP contribution is 2.05. The number of nitrogens with one attached hydrogen (secondary N) is 1. The highest BCUT2D eigenvalue weighted by Gasteiger charge is 2.09. The first-order valence-corrected chi connectivity index (χ1v) is 6.04. The van der Waals surface area contributed by atoms with E-state index in [0.29, 0.717) is 12.8 Å². The molecule has 0 aliphatic carbocycles. The fourth-order valence-electron chi connectivity index (χ4n) is 1.75. The molecule has 0 saturated heterocycles. The number of hydrogen-bond acceptors (Lipinski definition) is 2. The van der Waals surface area contributed by atoms with Crippen molar-refractivity contribution in [2.75, 3.05) is 0 Å². The van der Waals surface area contributed by atoms with Crippen molar-refractivity contribution in [1.82, 2.24) is 5.32 Å². The van der Waals surface area contributed by atoms with Crippen LogP contribution in [0.1, 0.15) is 30.9 Å². The lowest BCUT2D eigenvalue weighted by molar-refractivity contribution is -0.137. The number of hydrogen-bond donors (Lipinski definition) is 2. The van der Waals surface area contributed by atoms with Crippen molar-refractivity contribution in [3.05, 3.63) is 35.4 Å². The number of aryl methyl sites for hydroxylation is 1. The van der Waals surface area contributed by atoms with Gasteiger partial charge in [0, 0.05) is 12.5 Å². The molecule has 0 unspecified atom stereocenters. The second-order valence-electron chi connectivity index (χ2n) is 4.57. The van der Waals surface area contributed by atoms with Crippen molar-refractivity contribution in [2.24, 2.45) is 0 Å². The molecular weight excluding hydrogens is 230 g/mol. The monoisotopic (exact) mass is 249 g/mol. The molecule has 0 aliphatic rings. The molecule has 4 heteroatoms. The zero-order chi connectivity index (χ0) is 13.5. The summed E-state index contributed by atoms with van der Waals surface area (Å²) in [6.45, 7) is 3.80. The summed E-state index contributed by atoms with van der Waals surface area (Å²) in [4.78, 5) is 22.1. The fourth-order valence-corrected chi connectivity index (χ4v) is 1.75.